The van der Waals surface area contributed by atoms with E-state index in [2.05, 4.69) is 5.92 Å². The van der Waals surface area contributed by atoms with Crippen LogP contribution < -0.4 is 9.47 Å². The first kappa shape index (κ1) is 13.7. The fraction of sp³-hybridized carbons (Fsp3) is 0.214. The van der Waals surface area contributed by atoms with Gasteiger partial charge in [-0.1, -0.05) is 6.07 Å². The van der Waals surface area contributed by atoms with Crippen molar-refractivity contribution in [3.63, 3.8) is 0 Å². The van der Waals surface area contributed by atoms with E-state index >= 15 is 0 Å². The summed E-state index contributed by atoms with van der Waals surface area (Å²) in [7, 11) is 1.54. The van der Waals surface area contributed by atoms with Gasteiger partial charge >= 0.3 is 5.97 Å². The average Bonchev–Trinajstić information content (AvgIpc) is 2.37. The number of benzene rings is 1. The Hall–Kier alpha value is -2.41. The van der Waals surface area contributed by atoms with E-state index < -0.39 is 5.97 Å². The zero-order chi connectivity index (χ0) is 13.4. The monoisotopic (exact) mass is 246 g/mol. The van der Waals surface area contributed by atoms with Gasteiger partial charge in [0.25, 0.3) is 0 Å². The molecular formula is C14H14O4. The first-order chi connectivity index (χ1) is 8.67. The molecule has 0 saturated heterocycles. The Kier molecular flexibility index (Phi) is 5.33. The molecule has 0 unspecified atom stereocenters. The molecule has 0 spiro atoms. The number of hydrogen-bond donors (Lipinski definition) is 1. The van der Waals surface area contributed by atoms with E-state index in [0.29, 0.717) is 30.1 Å². The van der Waals surface area contributed by atoms with Gasteiger partial charge in [-0.25, -0.2) is 4.79 Å². The summed E-state index contributed by atoms with van der Waals surface area (Å²) < 4.78 is 10.6. The molecule has 18 heavy (non-hydrogen) atoms. The van der Waals surface area contributed by atoms with Crippen LogP contribution in [-0.2, 0) is 4.79 Å². The second-order valence-corrected chi connectivity index (χ2v) is 3.38. The number of carboxylic acid groups (broad SMARTS) is 1. The number of carboxylic acids is 1. The van der Waals surface area contributed by atoms with Crippen LogP contribution in [0.2, 0.25) is 0 Å². The van der Waals surface area contributed by atoms with Gasteiger partial charge in [0.15, 0.2) is 11.5 Å². The first-order valence-electron chi connectivity index (χ1n) is 5.32. The van der Waals surface area contributed by atoms with Gasteiger partial charge in [0.05, 0.1) is 13.7 Å². The van der Waals surface area contributed by atoms with Crippen LogP contribution in [-0.4, -0.2) is 24.8 Å². The van der Waals surface area contributed by atoms with Crippen molar-refractivity contribution in [3.8, 4) is 23.8 Å². The van der Waals surface area contributed by atoms with E-state index in [9.17, 15) is 4.79 Å². The molecule has 0 aliphatic rings. The van der Waals surface area contributed by atoms with Gasteiger partial charge in [-0.2, -0.15) is 0 Å². The number of hydrogen-bond acceptors (Lipinski definition) is 3. The molecule has 4 nitrogen and oxygen atoms in total. The summed E-state index contributed by atoms with van der Waals surface area (Å²) in [6.45, 7) is 0.388. The van der Waals surface area contributed by atoms with Crippen molar-refractivity contribution in [2.24, 2.45) is 0 Å². The zero-order valence-corrected chi connectivity index (χ0v) is 10.1. The number of ether oxygens (including phenoxy) is 2. The summed E-state index contributed by atoms with van der Waals surface area (Å²) in [5, 5.41) is 8.55. The van der Waals surface area contributed by atoms with E-state index in [-0.39, 0.29) is 0 Å². The standard InChI is InChI=1S/C14H14O4/c1-3-4-9-18-13-10-11(6-8-14(15)16)5-7-12(13)17-2/h1,5-8,10H,4,9H2,2H3,(H,15,16)/b8-6+. The van der Waals surface area contributed by atoms with Crippen molar-refractivity contribution in [1.82, 2.24) is 0 Å². The number of terminal acetylenes is 1. The molecular weight excluding hydrogens is 232 g/mol. The molecule has 1 rings (SSSR count). The van der Waals surface area contributed by atoms with E-state index in [1.54, 1.807) is 18.2 Å². The molecule has 0 fully saturated rings. The van der Waals surface area contributed by atoms with Crippen molar-refractivity contribution < 1.29 is 19.4 Å². The lowest BCUT2D eigenvalue weighted by molar-refractivity contribution is -0.131. The summed E-state index contributed by atoms with van der Waals surface area (Å²) in [5.41, 5.74) is 0.717. The zero-order valence-electron chi connectivity index (χ0n) is 10.1. The molecule has 0 radical (unpaired) electrons. The Morgan fingerprint density at radius 2 is 2.28 bits per heavy atom. The topological polar surface area (TPSA) is 55.8 Å². The maximum atomic E-state index is 10.4. The smallest absolute Gasteiger partial charge is 0.328 e. The van der Waals surface area contributed by atoms with Crippen LogP contribution in [0.4, 0.5) is 0 Å². The van der Waals surface area contributed by atoms with Gasteiger partial charge in [-0.15, -0.1) is 12.3 Å². The molecule has 0 heterocycles. The van der Waals surface area contributed by atoms with E-state index in [4.69, 9.17) is 21.0 Å². The van der Waals surface area contributed by atoms with Gasteiger partial charge in [0, 0.05) is 12.5 Å². The molecule has 1 aromatic rings. The molecule has 0 saturated carbocycles. The molecule has 94 valence electrons. The van der Waals surface area contributed by atoms with Crippen LogP contribution in [0.5, 0.6) is 11.5 Å². The molecule has 0 bridgehead atoms. The van der Waals surface area contributed by atoms with E-state index in [0.717, 1.165) is 6.08 Å². The second-order valence-electron chi connectivity index (χ2n) is 3.38. The minimum Gasteiger partial charge on any atom is -0.493 e. The fourth-order valence-corrected chi connectivity index (χ4v) is 1.30. The van der Waals surface area contributed by atoms with Crippen molar-refractivity contribution in [3.05, 3.63) is 29.8 Å². The Labute approximate surface area is 106 Å². The second kappa shape index (κ2) is 7.02. The highest BCUT2D eigenvalue weighted by atomic mass is 16.5. The lowest BCUT2D eigenvalue weighted by Gasteiger charge is -2.10. The fourth-order valence-electron chi connectivity index (χ4n) is 1.30. The third-order valence-electron chi connectivity index (χ3n) is 2.11. The molecule has 0 aliphatic heterocycles. The lowest BCUT2D eigenvalue weighted by atomic mass is 10.2. The Bertz CT molecular complexity index is 483. The Morgan fingerprint density at radius 1 is 1.50 bits per heavy atom. The molecule has 0 aliphatic carbocycles. The third kappa shape index (κ3) is 4.22. The minimum atomic E-state index is -0.999. The predicted molar refractivity (Wildman–Crippen MR) is 68.6 cm³/mol. The predicted octanol–water partition coefficient (Wildman–Crippen LogP) is 2.20. The summed E-state index contributed by atoms with van der Waals surface area (Å²) in [4.78, 5) is 10.4. The highest BCUT2D eigenvalue weighted by Gasteiger charge is 2.04. The minimum absolute atomic E-state index is 0.388. The van der Waals surface area contributed by atoms with Crippen molar-refractivity contribution in [1.29, 1.82) is 0 Å². The summed E-state index contributed by atoms with van der Waals surface area (Å²) >= 11 is 0. The highest BCUT2D eigenvalue weighted by molar-refractivity contribution is 5.85. The molecule has 0 aromatic heterocycles. The van der Waals surface area contributed by atoms with Crippen LogP contribution in [0.3, 0.4) is 0 Å². The van der Waals surface area contributed by atoms with Crippen LogP contribution >= 0.6 is 0 Å². The lowest BCUT2D eigenvalue weighted by Crippen LogP contribution is -1.98. The Morgan fingerprint density at radius 3 is 2.89 bits per heavy atom. The van der Waals surface area contributed by atoms with Crippen LogP contribution in [0, 0.1) is 12.3 Å². The van der Waals surface area contributed by atoms with Gasteiger partial charge in [-0.3, -0.25) is 0 Å². The summed E-state index contributed by atoms with van der Waals surface area (Å²) in [6, 6.07) is 5.16. The summed E-state index contributed by atoms with van der Waals surface area (Å²) in [5.74, 6) is 2.60. The number of carbonyl (C=O) groups is 1. The van der Waals surface area contributed by atoms with E-state index in [1.807, 2.05) is 0 Å². The number of methoxy groups -OCH3 is 1. The maximum absolute atomic E-state index is 10.4. The quantitative estimate of drug-likeness (QED) is 0.475. The highest BCUT2D eigenvalue weighted by Crippen LogP contribution is 2.28. The van der Waals surface area contributed by atoms with Crippen molar-refractivity contribution >= 4 is 12.0 Å². The molecule has 0 atom stereocenters. The molecule has 4 heteroatoms. The van der Waals surface area contributed by atoms with Crippen molar-refractivity contribution in [2.75, 3.05) is 13.7 Å². The number of aliphatic carboxylic acids is 1. The summed E-state index contributed by atoms with van der Waals surface area (Å²) in [6.07, 6.45) is 8.18. The normalized spacial score (nSPS) is 10.0. The van der Waals surface area contributed by atoms with Crippen LogP contribution in [0.15, 0.2) is 24.3 Å². The molecule has 1 aromatic carbocycles. The van der Waals surface area contributed by atoms with Crippen LogP contribution in [0.1, 0.15) is 12.0 Å². The van der Waals surface area contributed by atoms with Gasteiger partial charge in [0.1, 0.15) is 0 Å². The third-order valence-corrected chi connectivity index (χ3v) is 2.11. The van der Waals surface area contributed by atoms with Crippen molar-refractivity contribution in [2.45, 2.75) is 6.42 Å². The van der Waals surface area contributed by atoms with Gasteiger partial charge in [0.2, 0.25) is 0 Å². The first-order valence-corrected chi connectivity index (χ1v) is 5.32. The van der Waals surface area contributed by atoms with Gasteiger partial charge < -0.3 is 14.6 Å². The average molecular weight is 246 g/mol. The Balaban J connectivity index is 2.87. The SMILES string of the molecule is C#CCCOc1cc(/C=C/C(=O)O)ccc1OC. The van der Waals surface area contributed by atoms with Gasteiger partial charge in [-0.05, 0) is 23.8 Å². The van der Waals surface area contributed by atoms with E-state index in [1.165, 1.54) is 13.2 Å². The largest absolute Gasteiger partial charge is 0.493 e. The van der Waals surface area contributed by atoms with Crippen LogP contribution in [0.25, 0.3) is 6.08 Å². The number of rotatable bonds is 6. The molecule has 1 N–H and O–H groups in total. The maximum Gasteiger partial charge on any atom is 0.328 e. The molecule has 0 amide bonds.